The van der Waals surface area contributed by atoms with Crippen LogP contribution in [0.4, 0.5) is 0 Å². The van der Waals surface area contributed by atoms with E-state index in [1.54, 1.807) is 6.92 Å². The Morgan fingerprint density at radius 1 is 1.40 bits per heavy atom. The van der Waals surface area contributed by atoms with Gasteiger partial charge in [-0.15, -0.1) is 0 Å². The molecular formula is C13H22O2. The van der Waals surface area contributed by atoms with E-state index in [0.717, 1.165) is 12.8 Å². The fourth-order valence-corrected chi connectivity index (χ4v) is 4.55. The molecule has 4 unspecified atom stereocenters. The van der Waals surface area contributed by atoms with E-state index in [4.69, 9.17) is 0 Å². The second kappa shape index (κ2) is 3.07. The van der Waals surface area contributed by atoms with E-state index in [9.17, 15) is 9.90 Å². The second-order valence-corrected chi connectivity index (χ2v) is 6.16. The summed E-state index contributed by atoms with van der Waals surface area (Å²) in [7, 11) is 0. The van der Waals surface area contributed by atoms with E-state index in [1.807, 2.05) is 0 Å². The maximum Gasteiger partial charge on any atom is 0.136 e. The summed E-state index contributed by atoms with van der Waals surface area (Å²) in [6, 6.07) is 0. The molecule has 2 aliphatic carbocycles. The highest BCUT2D eigenvalue weighted by Gasteiger charge is 2.66. The maximum atomic E-state index is 11.9. The molecule has 0 heterocycles. The third-order valence-corrected chi connectivity index (χ3v) is 5.10. The molecule has 0 amide bonds. The van der Waals surface area contributed by atoms with E-state index < -0.39 is 0 Å². The molecule has 0 radical (unpaired) electrons. The fraction of sp³-hybridized carbons (Fsp3) is 0.923. The minimum absolute atomic E-state index is 0.0141. The van der Waals surface area contributed by atoms with Crippen molar-refractivity contribution in [3.63, 3.8) is 0 Å². The van der Waals surface area contributed by atoms with Crippen molar-refractivity contribution in [1.82, 2.24) is 0 Å². The quantitative estimate of drug-likeness (QED) is 0.760. The number of carbonyl (C=O) groups is 1. The molecule has 0 aromatic heterocycles. The lowest BCUT2D eigenvalue weighted by Gasteiger charge is -2.34. The Labute approximate surface area is 92.1 Å². The van der Waals surface area contributed by atoms with Gasteiger partial charge >= 0.3 is 0 Å². The molecular weight excluding hydrogens is 188 g/mol. The summed E-state index contributed by atoms with van der Waals surface area (Å²) in [6.07, 6.45) is 2.42. The molecule has 4 atom stereocenters. The summed E-state index contributed by atoms with van der Waals surface area (Å²) in [5, 5.41) is 10.2. The number of aliphatic hydroxyl groups is 1. The van der Waals surface area contributed by atoms with Crippen LogP contribution in [0.5, 0.6) is 0 Å². The van der Waals surface area contributed by atoms with Crippen molar-refractivity contribution < 1.29 is 9.90 Å². The van der Waals surface area contributed by atoms with Gasteiger partial charge in [0, 0.05) is 5.41 Å². The standard InChI is InChI=1S/C13H22O2/c1-8(2)11-12(4)5-6-13(11,9(3)14)7-10(12)15/h8,10-11,15H,5-7H2,1-4H3. The number of aliphatic hydroxyl groups excluding tert-OH is 1. The van der Waals surface area contributed by atoms with Crippen LogP contribution in [0.25, 0.3) is 0 Å². The van der Waals surface area contributed by atoms with Crippen LogP contribution in [0.15, 0.2) is 0 Å². The molecule has 2 saturated carbocycles. The van der Waals surface area contributed by atoms with Crippen LogP contribution in [0.1, 0.15) is 47.0 Å². The van der Waals surface area contributed by atoms with Crippen molar-refractivity contribution in [1.29, 1.82) is 0 Å². The van der Waals surface area contributed by atoms with Crippen LogP contribution in [0.2, 0.25) is 0 Å². The molecule has 15 heavy (non-hydrogen) atoms. The van der Waals surface area contributed by atoms with E-state index in [0.29, 0.717) is 24.0 Å². The third-order valence-electron chi connectivity index (χ3n) is 5.10. The molecule has 0 spiro atoms. The predicted octanol–water partition coefficient (Wildman–Crippen LogP) is 2.40. The summed E-state index contributed by atoms with van der Waals surface area (Å²) >= 11 is 0. The Balaban J connectivity index is 2.46. The summed E-state index contributed by atoms with van der Waals surface area (Å²) in [4.78, 5) is 11.9. The van der Waals surface area contributed by atoms with E-state index >= 15 is 0 Å². The van der Waals surface area contributed by atoms with Gasteiger partial charge in [-0.3, -0.25) is 4.79 Å². The zero-order valence-electron chi connectivity index (χ0n) is 10.2. The lowest BCUT2D eigenvalue weighted by molar-refractivity contribution is -0.129. The van der Waals surface area contributed by atoms with Crippen LogP contribution >= 0.6 is 0 Å². The van der Waals surface area contributed by atoms with Gasteiger partial charge in [0.05, 0.1) is 6.10 Å². The van der Waals surface area contributed by atoms with Crippen molar-refractivity contribution in [2.24, 2.45) is 22.7 Å². The van der Waals surface area contributed by atoms with Gasteiger partial charge in [-0.2, -0.15) is 0 Å². The SMILES string of the molecule is CC(=O)C12CCC(C)(C(O)C1)C2C(C)C. The summed E-state index contributed by atoms with van der Waals surface area (Å²) < 4.78 is 0. The molecule has 2 fully saturated rings. The topological polar surface area (TPSA) is 37.3 Å². The average molecular weight is 210 g/mol. The van der Waals surface area contributed by atoms with Gasteiger partial charge in [0.15, 0.2) is 0 Å². The monoisotopic (exact) mass is 210 g/mol. The molecule has 0 aliphatic heterocycles. The first-order valence-corrected chi connectivity index (χ1v) is 6.04. The Morgan fingerprint density at radius 3 is 2.33 bits per heavy atom. The van der Waals surface area contributed by atoms with Crippen LogP contribution in [0, 0.1) is 22.7 Å². The molecule has 86 valence electrons. The van der Waals surface area contributed by atoms with Gasteiger partial charge in [0.1, 0.15) is 5.78 Å². The van der Waals surface area contributed by atoms with Crippen molar-refractivity contribution in [2.45, 2.75) is 53.1 Å². The molecule has 2 heteroatoms. The fourth-order valence-electron chi connectivity index (χ4n) is 4.55. The van der Waals surface area contributed by atoms with Crippen molar-refractivity contribution in [2.75, 3.05) is 0 Å². The smallest absolute Gasteiger partial charge is 0.136 e. The Kier molecular flexibility index (Phi) is 2.27. The largest absolute Gasteiger partial charge is 0.393 e. The van der Waals surface area contributed by atoms with Gasteiger partial charge in [0.25, 0.3) is 0 Å². The van der Waals surface area contributed by atoms with Crippen molar-refractivity contribution in [3.05, 3.63) is 0 Å². The number of fused-ring (bicyclic) bond motifs is 2. The third kappa shape index (κ3) is 1.17. The molecule has 0 aromatic carbocycles. The lowest BCUT2D eigenvalue weighted by Crippen LogP contribution is -2.35. The van der Waals surface area contributed by atoms with Gasteiger partial charge in [-0.25, -0.2) is 0 Å². The first kappa shape index (κ1) is 11.1. The highest BCUT2D eigenvalue weighted by molar-refractivity contribution is 5.84. The molecule has 2 bridgehead atoms. The number of Topliss-reactive ketones (excluding diaryl/α,β-unsaturated/α-hetero) is 1. The summed E-state index contributed by atoms with van der Waals surface area (Å²) in [6.45, 7) is 8.24. The normalized spacial score (nSPS) is 48.9. The Bertz CT molecular complexity index is 297. The first-order valence-electron chi connectivity index (χ1n) is 6.04. The summed E-state index contributed by atoms with van der Waals surface area (Å²) in [5.74, 6) is 1.15. The van der Waals surface area contributed by atoms with E-state index in [2.05, 4.69) is 20.8 Å². The number of ketones is 1. The first-order chi connectivity index (χ1) is 6.84. The number of rotatable bonds is 2. The number of hydrogen-bond acceptors (Lipinski definition) is 2. The molecule has 1 N–H and O–H groups in total. The second-order valence-electron chi connectivity index (χ2n) is 6.16. The van der Waals surface area contributed by atoms with Crippen molar-refractivity contribution in [3.8, 4) is 0 Å². The minimum Gasteiger partial charge on any atom is -0.393 e. The van der Waals surface area contributed by atoms with E-state index in [-0.39, 0.29) is 16.9 Å². The highest BCUT2D eigenvalue weighted by Crippen LogP contribution is 2.67. The zero-order chi connectivity index (χ0) is 11.4. The van der Waals surface area contributed by atoms with Crippen LogP contribution in [-0.4, -0.2) is 17.0 Å². The molecule has 0 saturated heterocycles. The number of carbonyl (C=O) groups excluding carboxylic acids is 1. The average Bonchev–Trinajstić information content (AvgIpc) is 2.51. The van der Waals surface area contributed by atoms with Crippen molar-refractivity contribution >= 4 is 5.78 Å². The lowest BCUT2D eigenvalue weighted by atomic mass is 9.69. The zero-order valence-corrected chi connectivity index (χ0v) is 10.2. The van der Waals surface area contributed by atoms with Crippen LogP contribution in [-0.2, 0) is 4.79 Å². The molecule has 0 aromatic rings. The predicted molar refractivity (Wildman–Crippen MR) is 59.4 cm³/mol. The summed E-state index contributed by atoms with van der Waals surface area (Å²) in [5.41, 5.74) is -0.220. The van der Waals surface area contributed by atoms with Crippen LogP contribution < -0.4 is 0 Å². The molecule has 2 nitrogen and oxygen atoms in total. The molecule has 2 rings (SSSR count). The Hall–Kier alpha value is -0.370. The number of hydrogen-bond donors (Lipinski definition) is 1. The van der Waals surface area contributed by atoms with Gasteiger partial charge in [0.2, 0.25) is 0 Å². The van der Waals surface area contributed by atoms with Gasteiger partial charge < -0.3 is 5.11 Å². The molecule has 2 aliphatic rings. The van der Waals surface area contributed by atoms with Gasteiger partial charge in [-0.1, -0.05) is 20.8 Å². The van der Waals surface area contributed by atoms with Gasteiger partial charge in [-0.05, 0) is 43.4 Å². The maximum absolute atomic E-state index is 11.9. The van der Waals surface area contributed by atoms with Crippen LogP contribution in [0.3, 0.4) is 0 Å². The minimum atomic E-state index is -0.275. The van der Waals surface area contributed by atoms with E-state index in [1.165, 1.54) is 0 Å². The highest BCUT2D eigenvalue weighted by atomic mass is 16.3. The Morgan fingerprint density at radius 2 is 2.00 bits per heavy atom.